The zero-order valence-corrected chi connectivity index (χ0v) is 22.0. The number of carbonyl (C=O) groups is 3. The lowest BCUT2D eigenvalue weighted by Crippen LogP contribution is -2.27. The quantitative estimate of drug-likeness (QED) is 0.184. The van der Waals surface area contributed by atoms with Gasteiger partial charge in [0.15, 0.2) is 11.5 Å². The van der Waals surface area contributed by atoms with Gasteiger partial charge in [0.25, 0.3) is 11.1 Å². The smallest absolute Gasteiger partial charge is 0.343 e. The van der Waals surface area contributed by atoms with Crippen LogP contribution in [0.4, 0.5) is 4.79 Å². The van der Waals surface area contributed by atoms with E-state index in [1.807, 2.05) is 31.2 Å². The van der Waals surface area contributed by atoms with Crippen molar-refractivity contribution in [1.82, 2.24) is 4.90 Å². The molecule has 37 heavy (non-hydrogen) atoms. The molecule has 9 heteroatoms. The van der Waals surface area contributed by atoms with Crippen molar-refractivity contribution < 1.29 is 28.6 Å². The summed E-state index contributed by atoms with van der Waals surface area (Å²) in [6, 6.07) is 17.3. The number of ether oxygens (including phenoxy) is 3. The fourth-order valence-electron chi connectivity index (χ4n) is 3.69. The zero-order chi connectivity index (χ0) is 26.5. The molecule has 1 aliphatic rings. The van der Waals surface area contributed by atoms with Gasteiger partial charge in [-0.2, -0.15) is 0 Å². The SMILES string of the molecule is CCOc1cc(/C=C2\SC(=O)N(Cc3cccc(C)c3)C2=O)cc(Cl)c1OC(=O)c1ccc(OC)cc1. The monoisotopic (exact) mass is 537 g/mol. The summed E-state index contributed by atoms with van der Waals surface area (Å²) < 4.78 is 16.3. The standard InChI is InChI=1S/C28H24ClNO6S/c1-4-35-23-14-19(13-22(29)25(23)36-27(32)20-8-10-21(34-3)11-9-20)15-24-26(31)30(28(33)37-24)16-18-7-5-6-17(2)12-18/h5-15H,4,16H2,1-3H3/b24-15-. The summed E-state index contributed by atoms with van der Waals surface area (Å²) in [6.45, 7) is 4.22. The van der Waals surface area contributed by atoms with E-state index in [-0.39, 0.29) is 39.1 Å². The molecule has 0 N–H and O–H groups in total. The van der Waals surface area contributed by atoms with Crippen LogP contribution in [-0.4, -0.2) is 35.7 Å². The first-order valence-corrected chi connectivity index (χ1v) is 12.6. The Morgan fingerprint density at radius 2 is 1.84 bits per heavy atom. The molecule has 1 fully saturated rings. The van der Waals surface area contributed by atoms with Crippen molar-refractivity contribution in [2.24, 2.45) is 0 Å². The maximum atomic E-state index is 13.0. The summed E-state index contributed by atoms with van der Waals surface area (Å²) in [6.07, 6.45) is 1.57. The van der Waals surface area contributed by atoms with Crippen LogP contribution in [0, 0.1) is 6.92 Å². The number of hydrogen-bond acceptors (Lipinski definition) is 7. The number of halogens is 1. The van der Waals surface area contributed by atoms with E-state index in [9.17, 15) is 14.4 Å². The summed E-state index contributed by atoms with van der Waals surface area (Å²) in [4.78, 5) is 39.7. The minimum absolute atomic E-state index is 0.0639. The van der Waals surface area contributed by atoms with Crippen molar-refractivity contribution in [3.8, 4) is 17.2 Å². The van der Waals surface area contributed by atoms with Crippen LogP contribution in [0.2, 0.25) is 5.02 Å². The van der Waals surface area contributed by atoms with Gasteiger partial charge < -0.3 is 14.2 Å². The summed E-state index contributed by atoms with van der Waals surface area (Å²) in [7, 11) is 1.54. The highest BCUT2D eigenvalue weighted by Gasteiger charge is 2.35. The molecule has 3 aromatic rings. The van der Waals surface area contributed by atoms with Crippen molar-refractivity contribution in [3.05, 3.63) is 92.8 Å². The first-order valence-electron chi connectivity index (χ1n) is 11.4. The molecule has 0 saturated carbocycles. The molecule has 190 valence electrons. The number of carbonyl (C=O) groups excluding carboxylic acids is 3. The second-order valence-corrected chi connectivity index (χ2v) is 9.54. The number of imide groups is 1. The molecule has 1 aliphatic heterocycles. The number of rotatable bonds is 8. The number of aryl methyl sites for hydroxylation is 1. The minimum Gasteiger partial charge on any atom is -0.497 e. The lowest BCUT2D eigenvalue weighted by Gasteiger charge is -2.14. The molecule has 0 radical (unpaired) electrons. The highest BCUT2D eigenvalue weighted by molar-refractivity contribution is 8.18. The average Bonchev–Trinajstić information content (AvgIpc) is 3.13. The predicted molar refractivity (Wildman–Crippen MR) is 143 cm³/mol. The van der Waals surface area contributed by atoms with Crippen LogP contribution in [0.25, 0.3) is 6.08 Å². The molecular weight excluding hydrogens is 514 g/mol. The normalized spacial score (nSPS) is 14.3. The van der Waals surface area contributed by atoms with E-state index < -0.39 is 5.97 Å². The van der Waals surface area contributed by atoms with Crippen molar-refractivity contribution in [1.29, 1.82) is 0 Å². The van der Waals surface area contributed by atoms with Crippen molar-refractivity contribution >= 4 is 46.6 Å². The lowest BCUT2D eigenvalue weighted by atomic mass is 10.1. The number of esters is 1. The maximum absolute atomic E-state index is 13.0. The molecule has 0 atom stereocenters. The van der Waals surface area contributed by atoms with Gasteiger partial charge in [-0.15, -0.1) is 0 Å². The summed E-state index contributed by atoms with van der Waals surface area (Å²) in [5, 5.41) is -0.225. The van der Waals surface area contributed by atoms with Crippen LogP contribution >= 0.6 is 23.4 Å². The van der Waals surface area contributed by atoms with Crippen molar-refractivity contribution in [3.63, 3.8) is 0 Å². The fourth-order valence-corrected chi connectivity index (χ4v) is 4.79. The topological polar surface area (TPSA) is 82.1 Å². The Labute approximate surface area is 224 Å². The van der Waals surface area contributed by atoms with E-state index in [4.69, 9.17) is 25.8 Å². The number of nitrogens with zero attached hydrogens (tertiary/aromatic N) is 1. The Morgan fingerprint density at radius 3 is 2.51 bits per heavy atom. The molecule has 3 aromatic carbocycles. The fraction of sp³-hybridized carbons (Fsp3) is 0.179. The second kappa shape index (κ2) is 11.5. The third-order valence-corrected chi connectivity index (χ3v) is 6.63. The molecule has 0 aromatic heterocycles. The third kappa shape index (κ3) is 6.15. The Balaban J connectivity index is 1.57. The van der Waals surface area contributed by atoms with Gasteiger partial charge in [-0.3, -0.25) is 14.5 Å². The highest BCUT2D eigenvalue weighted by Crippen LogP contribution is 2.40. The molecule has 0 aliphatic carbocycles. The molecule has 1 saturated heterocycles. The van der Waals surface area contributed by atoms with Crippen LogP contribution in [0.3, 0.4) is 0 Å². The molecule has 0 unspecified atom stereocenters. The van der Waals surface area contributed by atoms with E-state index in [0.717, 1.165) is 22.9 Å². The van der Waals surface area contributed by atoms with Crippen molar-refractivity contribution in [2.45, 2.75) is 20.4 Å². The molecular formula is C28H24ClNO6S. The first-order chi connectivity index (χ1) is 17.8. The maximum Gasteiger partial charge on any atom is 0.343 e. The molecule has 0 bridgehead atoms. The number of thioether (sulfide) groups is 1. The predicted octanol–water partition coefficient (Wildman–Crippen LogP) is 6.51. The largest absolute Gasteiger partial charge is 0.497 e. The van der Waals surface area contributed by atoms with Crippen molar-refractivity contribution in [2.75, 3.05) is 13.7 Å². The highest BCUT2D eigenvalue weighted by atomic mass is 35.5. The summed E-state index contributed by atoms with van der Waals surface area (Å²) >= 11 is 7.33. The molecule has 2 amide bonds. The number of amides is 2. The van der Waals surface area contributed by atoms with E-state index in [2.05, 4.69) is 0 Å². The Hall–Kier alpha value is -3.75. The number of hydrogen-bond donors (Lipinski definition) is 0. The van der Waals surface area contributed by atoms with Gasteiger partial charge in [-0.05, 0) is 79.2 Å². The summed E-state index contributed by atoms with van der Waals surface area (Å²) in [5.41, 5.74) is 2.75. The van der Waals surface area contributed by atoms with Gasteiger partial charge in [0, 0.05) is 0 Å². The Kier molecular flexibility index (Phi) is 8.21. The number of benzene rings is 3. The Morgan fingerprint density at radius 1 is 1.08 bits per heavy atom. The van der Waals surface area contributed by atoms with Gasteiger partial charge in [0.2, 0.25) is 0 Å². The summed E-state index contributed by atoms with van der Waals surface area (Å²) in [5.74, 6) is -0.0931. The van der Waals surface area contributed by atoms with Crippen LogP contribution in [0.15, 0.2) is 65.6 Å². The van der Waals surface area contributed by atoms with Gasteiger partial charge >= 0.3 is 5.97 Å². The first kappa shape index (κ1) is 26.3. The minimum atomic E-state index is -0.615. The van der Waals surface area contributed by atoms with Crippen LogP contribution < -0.4 is 14.2 Å². The van der Waals surface area contributed by atoms with Crippen LogP contribution in [0.5, 0.6) is 17.2 Å². The molecule has 1 heterocycles. The molecule has 7 nitrogen and oxygen atoms in total. The average molecular weight is 538 g/mol. The second-order valence-electron chi connectivity index (χ2n) is 8.14. The van der Waals surface area contributed by atoms with Gasteiger partial charge in [0.1, 0.15) is 5.75 Å². The van der Waals surface area contributed by atoms with Crippen LogP contribution in [0.1, 0.15) is 34.0 Å². The molecule has 0 spiro atoms. The third-order valence-electron chi connectivity index (χ3n) is 5.45. The zero-order valence-electron chi connectivity index (χ0n) is 20.4. The van der Waals surface area contributed by atoms with Gasteiger partial charge in [-0.25, -0.2) is 4.79 Å². The molecule has 4 rings (SSSR count). The lowest BCUT2D eigenvalue weighted by molar-refractivity contribution is -0.123. The number of methoxy groups -OCH3 is 1. The van der Waals surface area contributed by atoms with Crippen LogP contribution in [-0.2, 0) is 11.3 Å². The van der Waals surface area contributed by atoms with E-state index in [1.165, 1.54) is 12.0 Å². The van der Waals surface area contributed by atoms with E-state index >= 15 is 0 Å². The van der Waals surface area contributed by atoms with E-state index in [0.29, 0.717) is 23.5 Å². The van der Waals surface area contributed by atoms with Gasteiger partial charge in [-0.1, -0.05) is 41.4 Å². The van der Waals surface area contributed by atoms with E-state index in [1.54, 1.807) is 49.4 Å². The van der Waals surface area contributed by atoms with Gasteiger partial charge in [0.05, 0.1) is 35.8 Å². The Bertz CT molecular complexity index is 1390.